The number of nitrogens with one attached hydrogen (secondary N) is 1. The van der Waals surface area contributed by atoms with Gasteiger partial charge in [0, 0.05) is 25.7 Å². The Morgan fingerprint density at radius 1 is 1.30 bits per heavy atom. The number of piperidine rings is 1. The second-order valence-corrected chi connectivity index (χ2v) is 8.55. The zero-order valence-corrected chi connectivity index (χ0v) is 15.8. The summed E-state index contributed by atoms with van der Waals surface area (Å²) in [7, 11) is 0. The Labute approximate surface area is 141 Å². The molecule has 0 saturated carbocycles. The van der Waals surface area contributed by atoms with Gasteiger partial charge < -0.3 is 20.1 Å². The van der Waals surface area contributed by atoms with Crippen LogP contribution in [0.1, 0.15) is 67.2 Å². The monoisotopic (exact) mass is 328 g/mol. The van der Waals surface area contributed by atoms with Crippen LogP contribution >= 0.6 is 0 Å². The molecule has 0 aromatic carbocycles. The van der Waals surface area contributed by atoms with Gasteiger partial charge in [0.25, 0.3) is 0 Å². The van der Waals surface area contributed by atoms with E-state index in [2.05, 4.69) is 19.2 Å². The van der Waals surface area contributed by atoms with Gasteiger partial charge in [-0.15, -0.1) is 0 Å². The van der Waals surface area contributed by atoms with E-state index in [1.54, 1.807) is 0 Å². The fraction of sp³-hybridized carbons (Fsp3) is 0.944. The lowest BCUT2D eigenvalue weighted by Gasteiger charge is -2.37. The summed E-state index contributed by atoms with van der Waals surface area (Å²) in [5.41, 5.74) is -1.17. The van der Waals surface area contributed by atoms with E-state index in [-0.39, 0.29) is 12.1 Å². The number of hydrogen-bond acceptors (Lipinski definition) is 4. The van der Waals surface area contributed by atoms with E-state index in [0.29, 0.717) is 19.0 Å². The molecule has 0 bridgehead atoms. The Bertz CT molecular complexity index is 375. The smallest absolute Gasteiger partial charge is 0.410 e. The topological polar surface area (TPSA) is 61.8 Å². The van der Waals surface area contributed by atoms with Crippen molar-refractivity contribution in [1.82, 2.24) is 10.2 Å². The minimum atomic E-state index is -0.709. The molecular formula is C18H36N2O3. The third-order valence-corrected chi connectivity index (χ3v) is 3.99. The molecule has 23 heavy (non-hydrogen) atoms. The molecule has 0 spiro atoms. The summed E-state index contributed by atoms with van der Waals surface area (Å²) in [5, 5.41) is 13.7. The van der Waals surface area contributed by atoms with Crippen molar-refractivity contribution < 1.29 is 14.6 Å². The molecule has 1 rings (SSSR count). The van der Waals surface area contributed by atoms with Gasteiger partial charge in [-0.2, -0.15) is 0 Å². The maximum absolute atomic E-state index is 12.4. The number of aliphatic hydroxyl groups is 1. The number of amides is 1. The Hall–Kier alpha value is -0.810. The lowest BCUT2D eigenvalue weighted by Crippen LogP contribution is -2.51. The Morgan fingerprint density at radius 2 is 1.96 bits per heavy atom. The van der Waals surface area contributed by atoms with Gasteiger partial charge in [0.15, 0.2) is 0 Å². The van der Waals surface area contributed by atoms with E-state index >= 15 is 0 Å². The molecular weight excluding hydrogens is 292 g/mol. The zero-order valence-electron chi connectivity index (χ0n) is 15.8. The highest BCUT2D eigenvalue weighted by molar-refractivity contribution is 5.68. The van der Waals surface area contributed by atoms with Crippen LogP contribution in [0.4, 0.5) is 4.79 Å². The largest absolute Gasteiger partial charge is 0.444 e. The highest BCUT2D eigenvalue weighted by atomic mass is 16.6. The molecule has 1 saturated heterocycles. The van der Waals surface area contributed by atoms with Gasteiger partial charge in [0.1, 0.15) is 5.60 Å². The maximum atomic E-state index is 12.4. The average molecular weight is 328 g/mol. The molecule has 2 N–H and O–H groups in total. The second-order valence-electron chi connectivity index (χ2n) is 8.55. The Kier molecular flexibility index (Phi) is 7.33. The molecule has 0 aromatic rings. The molecule has 1 amide bonds. The summed E-state index contributed by atoms with van der Waals surface area (Å²) in [6.45, 7) is 13.8. The number of nitrogens with zero attached hydrogens (tertiary/aromatic N) is 1. The first kappa shape index (κ1) is 20.2. The number of hydrogen-bond donors (Lipinski definition) is 2. The summed E-state index contributed by atoms with van der Waals surface area (Å²) in [6.07, 6.45) is 3.69. The molecule has 1 aliphatic rings. The first-order valence-electron chi connectivity index (χ1n) is 8.93. The molecule has 2 atom stereocenters. The van der Waals surface area contributed by atoms with E-state index in [4.69, 9.17) is 4.74 Å². The van der Waals surface area contributed by atoms with Crippen molar-refractivity contribution in [2.24, 2.45) is 5.92 Å². The molecule has 1 fully saturated rings. The number of rotatable bonds is 6. The van der Waals surface area contributed by atoms with Crippen molar-refractivity contribution in [2.45, 2.75) is 84.5 Å². The van der Waals surface area contributed by atoms with Gasteiger partial charge in [-0.25, -0.2) is 4.79 Å². The van der Waals surface area contributed by atoms with Crippen LogP contribution in [-0.2, 0) is 4.74 Å². The van der Waals surface area contributed by atoms with Gasteiger partial charge in [0.05, 0.1) is 5.60 Å². The van der Waals surface area contributed by atoms with E-state index in [1.165, 1.54) is 0 Å². The Balaban J connectivity index is 2.51. The summed E-state index contributed by atoms with van der Waals surface area (Å²) in [5.74, 6) is 0.458. The molecule has 2 unspecified atom stereocenters. The van der Waals surface area contributed by atoms with Crippen LogP contribution in [0.5, 0.6) is 0 Å². The van der Waals surface area contributed by atoms with Crippen molar-refractivity contribution in [3.63, 3.8) is 0 Å². The van der Waals surface area contributed by atoms with Crippen molar-refractivity contribution in [3.05, 3.63) is 0 Å². The van der Waals surface area contributed by atoms with Crippen molar-refractivity contribution in [2.75, 3.05) is 19.6 Å². The van der Waals surface area contributed by atoms with Crippen LogP contribution in [0.2, 0.25) is 0 Å². The van der Waals surface area contributed by atoms with E-state index in [1.807, 2.05) is 32.6 Å². The minimum Gasteiger partial charge on any atom is -0.444 e. The number of carbonyl (C=O) groups is 1. The summed E-state index contributed by atoms with van der Waals surface area (Å²) in [4.78, 5) is 14.2. The molecule has 0 radical (unpaired) electrons. The predicted octanol–water partition coefficient (Wildman–Crippen LogP) is 3.16. The zero-order chi connectivity index (χ0) is 17.7. The lowest BCUT2D eigenvalue weighted by molar-refractivity contribution is 0.00783. The van der Waals surface area contributed by atoms with E-state index in [9.17, 15) is 9.90 Å². The van der Waals surface area contributed by atoms with E-state index < -0.39 is 11.2 Å². The number of ether oxygens (including phenoxy) is 1. The van der Waals surface area contributed by atoms with Crippen LogP contribution in [0.25, 0.3) is 0 Å². The van der Waals surface area contributed by atoms with Crippen LogP contribution in [0.3, 0.4) is 0 Å². The molecule has 1 heterocycles. The Morgan fingerprint density at radius 3 is 2.52 bits per heavy atom. The third-order valence-electron chi connectivity index (χ3n) is 3.99. The van der Waals surface area contributed by atoms with Gasteiger partial charge in [-0.1, -0.05) is 13.8 Å². The van der Waals surface area contributed by atoms with Gasteiger partial charge in [-0.3, -0.25) is 0 Å². The lowest BCUT2D eigenvalue weighted by atomic mass is 9.94. The third kappa shape index (κ3) is 8.02. The molecule has 5 heteroatoms. The summed E-state index contributed by atoms with van der Waals surface area (Å²) >= 11 is 0. The highest BCUT2D eigenvalue weighted by Gasteiger charge is 2.31. The molecule has 0 aliphatic carbocycles. The van der Waals surface area contributed by atoms with Gasteiger partial charge >= 0.3 is 6.09 Å². The van der Waals surface area contributed by atoms with Crippen LogP contribution in [-0.4, -0.2) is 53.0 Å². The molecule has 0 aromatic heterocycles. The fourth-order valence-electron chi connectivity index (χ4n) is 3.23. The fourth-order valence-corrected chi connectivity index (χ4v) is 3.23. The standard InChI is InChI=1S/C18H36N2O3/c1-14(2)11-18(6,22)13-19-12-15-9-7-8-10-20(15)16(21)23-17(3,4)5/h14-15,19,22H,7-13H2,1-6H3. The van der Waals surface area contributed by atoms with Crippen molar-refractivity contribution in [3.8, 4) is 0 Å². The van der Waals surface area contributed by atoms with Crippen LogP contribution in [0.15, 0.2) is 0 Å². The van der Waals surface area contributed by atoms with Crippen LogP contribution < -0.4 is 5.32 Å². The summed E-state index contributed by atoms with van der Waals surface area (Å²) in [6, 6.07) is 0.147. The first-order chi connectivity index (χ1) is 10.5. The molecule has 136 valence electrons. The van der Waals surface area contributed by atoms with Crippen molar-refractivity contribution in [1.29, 1.82) is 0 Å². The van der Waals surface area contributed by atoms with Crippen molar-refractivity contribution >= 4 is 6.09 Å². The number of carbonyl (C=O) groups excluding carboxylic acids is 1. The van der Waals surface area contributed by atoms with E-state index in [0.717, 1.165) is 32.2 Å². The maximum Gasteiger partial charge on any atom is 0.410 e. The quantitative estimate of drug-likeness (QED) is 0.786. The SMILES string of the molecule is CC(C)CC(C)(O)CNCC1CCCCN1C(=O)OC(C)(C)C. The van der Waals surface area contributed by atoms with Crippen LogP contribution in [0, 0.1) is 5.92 Å². The number of likely N-dealkylation sites (tertiary alicyclic amines) is 1. The first-order valence-corrected chi connectivity index (χ1v) is 8.93. The molecule has 5 nitrogen and oxygen atoms in total. The normalized spacial score (nSPS) is 22.1. The minimum absolute atomic E-state index is 0.147. The second kappa shape index (κ2) is 8.34. The predicted molar refractivity (Wildman–Crippen MR) is 93.5 cm³/mol. The van der Waals surface area contributed by atoms with Gasteiger partial charge in [0.2, 0.25) is 0 Å². The van der Waals surface area contributed by atoms with Gasteiger partial charge in [-0.05, 0) is 59.3 Å². The highest BCUT2D eigenvalue weighted by Crippen LogP contribution is 2.20. The average Bonchev–Trinajstić information content (AvgIpc) is 2.35. The summed E-state index contributed by atoms with van der Waals surface area (Å²) < 4.78 is 5.52. The molecule has 1 aliphatic heterocycles.